The summed E-state index contributed by atoms with van der Waals surface area (Å²) in [7, 11) is 1.27. The molecule has 0 saturated heterocycles. The highest BCUT2D eigenvalue weighted by Crippen LogP contribution is 2.17. The van der Waals surface area contributed by atoms with Crippen LogP contribution >= 0.6 is 0 Å². The van der Waals surface area contributed by atoms with Crippen LogP contribution in [0.2, 0.25) is 0 Å². The van der Waals surface area contributed by atoms with Gasteiger partial charge < -0.3 is 9.47 Å². The van der Waals surface area contributed by atoms with Crippen LogP contribution in [0.5, 0.6) is 5.75 Å². The van der Waals surface area contributed by atoms with Gasteiger partial charge in [-0.05, 0) is 25.1 Å². The van der Waals surface area contributed by atoms with E-state index in [0.29, 0.717) is 17.9 Å². The van der Waals surface area contributed by atoms with Crippen molar-refractivity contribution in [2.45, 2.75) is 6.92 Å². The average Bonchev–Trinajstić information content (AvgIpc) is 2.28. The molecule has 0 saturated carbocycles. The second-order valence-electron chi connectivity index (χ2n) is 2.97. The molecular formula is C12H13FO3. The van der Waals surface area contributed by atoms with Gasteiger partial charge in [0.15, 0.2) is 0 Å². The molecule has 0 amide bonds. The summed E-state index contributed by atoms with van der Waals surface area (Å²) >= 11 is 0. The molecule has 86 valence electrons. The zero-order chi connectivity index (χ0) is 12.0. The molecule has 0 radical (unpaired) electrons. The SMILES string of the molecule is CCOc1ccc(C=CC(=O)OC)c(F)c1. The lowest BCUT2D eigenvalue weighted by atomic mass is 10.2. The molecule has 1 aromatic carbocycles. The van der Waals surface area contributed by atoms with E-state index in [1.807, 2.05) is 6.92 Å². The van der Waals surface area contributed by atoms with Crippen LogP contribution in [0, 0.1) is 5.82 Å². The molecule has 0 aliphatic carbocycles. The van der Waals surface area contributed by atoms with E-state index >= 15 is 0 Å². The molecule has 16 heavy (non-hydrogen) atoms. The van der Waals surface area contributed by atoms with Crippen molar-refractivity contribution in [2.24, 2.45) is 0 Å². The maximum atomic E-state index is 13.4. The lowest BCUT2D eigenvalue weighted by Crippen LogP contribution is -1.95. The first-order chi connectivity index (χ1) is 7.67. The lowest BCUT2D eigenvalue weighted by molar-refractivity contribution is -0.134. The second-order valence-corrected chi connectivity index (χ2v) is 2.97. The number of halogens is 1. The summed E-state index contributed by atoms with van der Waals surface area (Å²) in [5.41, 5.74) is 0.314. The first-order valence-electron chi connectivity index (χ1n) is 4.85. The topological polar surface area (TPSA) is 35.5 Å². The van der Waals surface area contributed by atoms with Gasteiger partial charge >= 0.3 is 5.97 Å². The number of hydrogen-bond donors (Lipinski definition) is 0. The Morgan fingerprint density at radius 3 is 2.81 bits per heavy atom. The fraction of sp³-hybridized carbons (Fsp3) is 0.250. The maximum Gasteiger partial charge on any atom is 0.330 e. The first kappa shape index (κ1) is 12.2. The molecule has 0 heterocycles. The third-order valence-electron chi connectivity index (χ3n) is 1.88. The minimum Gasteiger partial charge on any atom is -0.494 e. The molecular weight excluding hydrogens is 211 g/mol. The van der Waals surface area contributed by atoms with Crippen molar-refractivity contribution in [3.05, 3.63) is 35.7 Å². The number of methoxy groups -OCH3 is 1. The first-order valence-corrected chi connectivity index (χ1v) is 4.85. The molecule has 1 rings (SSSR count). The van der Waals surface area contributed by atoms with Crippen LogP contribution in [-0.4, -0.2) is 19.7 Å². The lowest BCUT2D eigenvalue weighted by Gasteiger charge is -2.03. The predicted molar refractivity (Wildman–Crippen MR) is 58.6 cm³/mol. The van der Waals surface area contributed by atoms with Gasteiger partial charge in [-0.1, -0.05) is 0 Å². The molecule has 0 bridgehead atoms. The Balaban J connectivity index is 2.82. The number of ether oxygens (including phenoxy) is 2. The molecule has 0 aliphatic rings. The van der Waals surface area contributed by atoms with Gasteiger partial charge in [0.2, 0.25) is 0 Å². The van der Waals surface area contributed by atoms with Gasteiger partial charge in [0.1, 0.15) is 11.6 Å². The van der Waals surface area contributed by atoms with Crippen molar-refractivity contribution in [1.29, 1.82) is 0 Å². The van der Waals surface area contributed by atoms with Crippen LogP contribution in [0.25, 0.3) is 6.08 Å². The van der Waals surface area contributed by atoms with Crippen molar-refractivity contribution in [3.8, 4) is 5.75 Å². The fourth-order valence-electron chi connectivity index (χ4n) is 1.13. The Hall–Kier alpha value is -1.84. The van der Waals surface area contributed by atoms with Crippen LogP contribution in [0.1, 0.15) is 12.5 Å². The number of carbonyl (C=O) groups excluding carboxylic acids is 1. The highest BCUT2D eigenvalue weighted by Gasteiger charge is 2.02. The molecule has 1 aromatic rings. The van der Waals surface area contributed by atoms with Gasteiger partial charge in [-0.3, -0.25) is 0 Å². The van der Waals surface area contributed by atoms with E-state index in [1.54, 1.807) is 12.1 Å². The summed E-state index contributed by atoms with van der Waals surface area (Å²) in [5, 5.41) is 0. The number of rotatable bonds is 4. The minimum atomic E-state index is -0.520. The van der Waals surface area contributed by atoms with E-state index < -0.39 is 11.8 Å². The fourth-order valence-corrected chi connectivity index (χ4v) is 1.13. The zero-order valence-electron chi connectivity index (χ0n) is 9.20. The molecule has 0 aromatic heterocycles. The van der Waals surface area contributed by atoms with Gasteiger partial charge in [0, 0.05) is 17.7 Å². The van der Waals surface area contributed by atoms with Crippen molar-refractivity contribution >= 4 is 12.0 Å². The Labute approximate surface area is 93.5 Å². The molecule has 0 spiro atoms. The third-order valence-corrected chi connectivity index (χ3v) is 1.88. The van der Waals surface area contributed by atoms with Crippen molar-refractivity contribution < 1.29 is 18.7 Å². The van der Waals surface area contributed by atoms with E-state index in [2.05, 4.69) is 4.74 Å². The van der Waals surface area contributed by atoms with Crippen molar-refractivity contribution in [3.63, 3.8) is 0 Å². The number of hydrogen-bond acceptors (Lipinski definition) is 3. The summed E-state index contributed by atoms with van der Waals surface area (Å²) in [6, 6.07) is 4.46. The van der Waals surface area contributed by atoms with Gasteiger partial charge in [0.25, 0.3) is 0 Å². The van der Waals surface area contributed by atoms with Crippen LogP contribution in [0.4, 0.5) is 4.39 Å². The van der Waals surface area contributed by atoms with Crippen LogP contribution < -0.4 is 4.74 Å². The number of carbonyl (C=O) groups is 1. The Morgan fingerprint density at radius 1 is 1.50 bits per heavy atom. The summed E-state index contributed by atoms with van der Waals surface area (Å²) in [6.07, 6.45) is 2.52. The zero-order valence-corrected chi connectivity index (χ0v) is 9.20. The Morgan fingerprint density at radius 2 is 2.25 bits per heavy atom. The van der Waals surface area contributed by atoms with Crippen LogP contribution in [0.15, 0.2) is 24.3 Å². The Kier molecular flexibility index (Phi) is 4.51. The Bertz CT molecular complexity index is 399. The van der Waals surface area contributed by atoms with Gasteiger partial charge in [0.05, 0.1) is 13.7 Å². The highest BCUT2D eigenvalue weighted by atomic mass is 19.1. The van der Waals surface area contributed by atoms with E-state index in [-0.39, 0.29) is 0 Å². The van der Waals surface area contributed by atoms with Crippen LogP contribution in [0.3, 0.4) is 0 Å². The predicted octanol–water partition coefficient (Wildman–Crippen LogP) is 2.41. The maximum absolute atomic E-state index is 13.4. The third kappa shape index (κ3) is 3.38. The normalized spacial score (nSPS) is 10.4. The van der Waals surface area contributed by atoms with E-state index in [1.165, 1.54) is 25.3 Å². The van der Waals surface area contributed by atoms with Crippen molar-refractivity contribution in [2.75, 3.05) is 13.7 Å². The van der Waals surface area contributed by atoms with Crippen molar-refractivity contribution in [1.82, 2.24) is 0 Å². The molecule has 3 nitrogen and oxygen atoms in total. The standard InChI is InChI=1S/C12H13FO3/c1-3-16-10-6-4-9(11(13)8-10)5-7-12(14)15-2/h4-8H,3H2,1-2H3. The highest BCUT2D eigenvalue weighted by molar-refractivity contribution is 5.86. The number of esters is 1. The summed E-state index contributed by atoms with van der Waals surface area (Å²) in [6.45, 7) is 2.31. The summed E-state index contributed by atoms with van der Waals surface area (Å²) in [4.78, 5) is 10.8. The minimum absolute atomic E-state index is 0.314. The summed E-state index contributed by atoms with van der Waals surface area (Å²) in [5.74, 6) is -0.491. The monoisotopic (exact) mass is 224 g/mol. The van der Waals surface area contributed by atoms with Gasteiger partial charge in [-0.2, -0.15) is 0 Å². The summed E-state index contributed by atoms with van der Waals surface area (Å²) < 4.78 is 23.0. The average molecular weight is 224 g/mol. The second kappa shape index (κ2) is 5.90. The molecule has 0 aliphatic heterocycles. The van der Waals surface area contributed by atoms with Gasteiger partial charge in [-0.15, -0.1) is 0 Å². The van der Waals surface area contributed by atoms with E-state index in [4.69, 9.17) is 4.74 Å². The van der Waals surface area contributed by atoms with E-state index in [9.17, 15) is 9.18 Å². The molecule has 4 heteroatoms. The van der Waals surface area contributed by atoms with Crippen LogP contribution in [-0.2, 0) is 9.53 Å². The molecule has 0 atom stereocenters. The quantitative estimate of drug-likeness (QED) is 0.582. The molecule has 0 N–H and O–H groups in total. The largest absolute Gasteiger partial charge is 0.494 e. The van der Waals surface area contributed by atoms with Gasteiger partial charge in [-0.25, -0.2) is 9.18 Å². The smallest absolute Gasteiger partial charge is 0.330 e. The molecule has 0 fully saturated rings. The number of benzene rings is 1. The molecule has 0 unspecified atom stereocenters. The van der Waals surface area contributed by atoms with E-state index in [0.717, 1.165) is 0 Å².